The molecule has 0 unspecified atom stereocenters. The summed E-state index contributed by atoms with van der Waals surface area (Å²) in [5.41, 5.74) is 5.60. The second-order valence-electron chi connectivity index (χ2n) is 8.66. The molecule has 1 aliphatic heterocycles. The minimum absolute atomic E-state index is 0.0238. The molecule has 156 valence electrons. The smallest absolute Gasteiger partial charge is 0.221 e. The Morgan fingerprint density at radius 2 is 1.72 bits per heavy atom. The summed E-state index contributed by atoms with van der Waals surface area (Å²) in [6.45, 7) is 9.71. The van der Waals surface area contributed by atoms with Crippen LogP contribution < -0.4 is 10.2 Å². The minimum Gasteiger partial charge on any atom is -0.370 e. The van der Waals surface area contributed by atoms with E-state index in [0.29, 0.717) is 5.92 Å². The molecule has 1 amide bonds. The number of anilines is 1. The monoisotopic (exact) mass is 413 g/mol. The number of morpholine rings is 1. The van der Waals surface area contributed by atoms with E-state index >= 15 is 0 Å². The number of aryl methyl sites for hydroxylation is 1. The standard InChI is InChI=1S/C24H32N2O2S/c1-16(2)18-8-10-19(11-9-18)23(26-12-14-28-15-13-26)22-20-6-4-5-7-21(20)29-24(22)25-17(3)27/h8-11,16,23H,4-7,12-15H2,1-3H3,(H,25,27)/p+1/t23-/m1/s1. The number of quaternary nitrogens is 1. The number of fused-ring (bicyclic) bond motifs is 1. The predicted octanol–water partition coefficient (Wildman–Crippen LogP) is 3.71. The van der Waals surface area contributed by atoms with Gasteiger partial charge in [0.05, 0.1) is 18.8 Å². The van der Waals surface area contributed by atoms with Gasteiger partial charge in [-0.05, 0) is 42.7 Å². The lowest BCUT2D eigenvalue weighted by molar-refractivity contribution is -0.933. The van der Waals surface area contributed by atoms with Crippen LogP contribution in [0.4, 0.5) is 5.00 Å². The zero-order valence-corrected chi connectivity index (χ0v) is 18.7. The zero-order valence-electron chi connectivity index (χ0n) is 17.8. The zero-order chi connectivity index (χ0) is 20.4. The molecule has 1 aromatic heterocycles. The fraction of sp³-hybridized carbons (Fsp3) is 0.542. The number of nitrogens with one attached hydrogen (secondary N) is 2. The Kier molecular flexibility index (Phi) is 6.38. The van der Waals surface area contributed by atoms with E-state index in [2.05, 4.69) is 43.4 Å². The van der Waals surface area contributed by atoms with E-state index in [1.165, 1.54) is 40.0 Å². The molecule has 1 aromatic carbocycles. The van der Waals surface area contributed by atoms with Crippen molar-refractivity contribution < 1.29 is 14.4 Å². The van der Waals surface area contributed by atoms with Gasteiger partial charge < -0.3 is 15.0 Å². The first kappa shape index (κ1) is 20.6. The quantitative estimate of drug-likeness (QED) is 0.785. The Balaban J connectivity index is 1.82. The Morgan fingerprint density at radius 1 is 1.07 bits per heavy atom. The van der Waals surface area contributed by atoms with Crippen LogP contribution in [-0.4, -0.2) is 32.2 Å². The van der Waals surface area contributed by atoms with Gasteiger partial charge in [-0.3, -0.25) is 4.79 Å². The number of carbonyl (C=O) groups excluding carboxylic acids is 1. The fourth-order valence-electron chi connectivity index (χ4n) is 4.75. The highest BCUT2D eigenvalue weighted by atomic mass is 32.1. The van der Waals surface area contributed by atoms with Crippen LogP contribution in [0.3, 0.4) is 0 Å². The van der Waals surface area contributed by atoms with Crippen molar-refractivity contribution >= 4 is 22.2 Å². The molecular weight excluding hydrogens is 380 g/mol. The van der Waals surface area contributed by atoms with Gasteiger partial charge in [-0.1, -0.05) is 38.1 Å². The summed E-state index contributed by atoms with van der Waals surface area (Å²) >= 11 is 1.81. The molecule has 4 nitrogen and oxygen atoms in total. The van der Waals surface area contributed by atoms with Gasteiger partial charge in [0.2, 0.25) is 5.91 Å². The van der Waals surface area contributed by atoms with Gasteiger partial charge in [-0.25, -0.2) is 0 Å². The van der Waals surface area contributed by atoms with Gasteiger partial charge in [-0.15, -0.1) is 11.3 Å². The summed E-state index contributed by atoms with van der Waals surface area (Å²) in [4.78, 5) is 15.0. The first-order chi connectivity index (χ1) is 14.0. The fourth-order valence-corrected chi connectivity index (χ4v) is 6.12. The first-order valence-electron chi connectivity index (χ1n) is 11.0. The van der Waals surface area contributed by atoms with Crippen LogP contribution in [0.5, 0.6) is 0 Å². The third-order valence-corrected chi connectivity index (χ3v) is 7.49. The number of hydrogen-bond donors (Lipinski definition) is 2. The summed E-state index contributed by atoms with van der Waals surface area (Å²) in [5.74, 6) is 0.554. The molecule has 2 aromatic rings. The van der Waals surface area contributed by atoms with Crippen LogP contribution >= 0.6 is 11.3 Å². The van der Waals surface area contributed by atoms with Gasteiger partial charge in [0.1, 0.15) is 24.1 Å². The van der Waals surface area contributed by atoms with E-state index in [-0.39, 0.29) is 11.9 Å². The number of ether oxygens (including phenoxy) is 1. The van der Waals surface area contributed by atoms with Gasteiger partial charge in [0.15, 0.2) is 0 Å². The number of amides is 1. The van der Waals surface area contributed by atoms with Crippen LogP contribution in [0.2, 0.25) is 0 Å². The van der Waals surface area contributed by atoms with E-state index < -0.39 is 0 Å². The summed E-state index contributed by atoms with van der Waals surface area (Å²) in [6, 6.07) is 9.44. The molecule has 2 N–H and O–H groups in total. The molecule has 2 heterocycles. The molecule has 2 aliphatic rings. The van der Waals surface area contributed by atoms with E-state index in [4.69, 9.17) is 4.74 Å². The van der Waals surface area contributed by atoms with Crippen LogP contribution in [0.15, 0.2) is 24.3 Å². The van der Waals surface area contributed by atoms with Crippen molar-refractivity contribution in [2.45, 2.75) is 58.4 Å². The third kappa shape index (κ3) is 4.42. The molecule has 0 saturated carbocycles. The van der Waals surface area contributed by atoms with E-state index in [1.54, 1.807) is 11.8 Å². The number of carbonyl (C=O) groups is 1. The highest BCUT2D eigenvalue weighted by molar-refractivity contribution is 7.16. The van der Waals surface area contributed by atoms with E-state index in [9.17, 15) is 4.79 Å². The highest BCUT2D eigenvalue weighted by Gasteiger charge is 2.35. The average Bonchev–Trinajstić information content (AvgIpc) is 3.07. The van der Waals surface area contributed by atoms with Crippen LogP contribution in [0, 0.1) is 0 Å². The number of hydrogen-bond acceptors (Lipinski definition) is 3. The number of benzene rings is 1. The topological polar surface area (TPSA) is 42.8 Å². The van der Waals surface area contributed by atoms with Crippen molar-refractivity contribution in [1.29, 1.82) is 0 Å². The van der Waals surface area contributed by atoms with E-state index in [1.807, 2.05) is 11.3 Å². The number of rotatable bonds is 5. The third-order valence-electron chi connectivity index (χ3n) is 6.27. The summed E-state index contributed by atoms with van der Waals surface area (Å²) in [7, 11) is 0. The van der Waals surface area contributed by atoms with Crippen molar-refractivity contribution in [3.8, 4) is 0 Å². The molecule has 4 rings (SSSR count). The molecule has 29 heavy (non-hydrogen) atoms. The second kappa shape index (κ2) is 8.99. The maximum Gasteiger partial charge on any atom is 0.221 e. The van der Waals surface area contributed by atoms with Gasteiger partial charge in [-0.2, -0.15) is 0 Å². The predicted molar refractivity (Wildman–Crippen MR) is 119 cm³/mol. The lowest BCUT2D eigenvalue weighted by atomic mass is 9.88. The molecule has 1 atom stereocenters. The SMILES string of the molecule is CC(=O)Nc1sc2c(c1[C@@H](c1ccc(C(C)C)cc1)[NH+]1CCOCC1)CCCC2. The molecule has 0 radical (unpaired) electrons. The van der Waals surface area contributed by atoms with Crippen molar-refractivity contribution in [3.63, 3.8) is 0 Å². The normalized spacial score (nSPS) is 18.5. The van der Waals surface area contributed by atoms with Crippen molar-refractivity contribution in [1.82, 2.24) is 0 Å². The molecular formula is C24H33N2O2S+. The molecule has 0 spiro atoms. The largest absolute Gasteiger partial charge is 0.370 e. The summed E-state index contributed by atoms with van der Waals surface area (Å²) in [5, 5.41) is 4.26. The van der Waals surface area contributed by atoms with Gasteiger partial charge in [0, 0.05) is 17.4 Å². The molecule has 1 saturated heterocycles. The molecule has 1 aliphatic carbocycles. The Morgan fingerprint density at radius 3 is 2.38 bits per heavy atom. The highest BCUT2D eigenvalue weighted by Crippen LogP contribution is 2.42. The van der Waals surface area contributed by atoms with Gasteiger partial charge in [0.25, 0.3) is 0 Å². The average molecular weight is 414 g/mol. The van der Waals surface area contributed by atoms with Crippen LogP contribution in [-0.2, 0) is 22.4 Å². The van der Waals surface area contributed by atoms with Crippen molar-refractivity contribution in [2.24, 2.45) is 0 Å². The minimum atomic E-state index is 0.0238. The Bertz CT molecular complexity index is 851. The summed E-state index contributed by atoms with van der Waals surface area (Å²) in [6.07, 6.45) is 4.77. The lowest BCUT2D eigenvalue weighted by Gasteiger charge is -2.33. The maximum absolute atomic E-state index is 12.0. The molecule has 0 bridgehead atoms. The summed E-state index contributed by atoms with van der Waals surface area (Å²) < 4.78 is 5.67. The van der Waals surface area contributed by atoms with Crippen LogP contribution in [0.1, 0.15) is 72.7 Å². The lowest BCUT2D eigenvalue weighted by Crippen LogP contribution is -3.14. The van der Waals surface area contributed by atoms with Crippen LogP contribution in [0.25, 0.3) is 0 Å². The van der Waals surface area contributed by atoms with Gasteiger partial charge >= 0.3 is 0 Å². The second-order valence-corrected chi connectivity index (χ2v) is 9.77. The molecule has 1 fully saturated rings. The molecule has 5 heteroatoms. The van der Waals surface area contributed by atoms with Crippen molar-refractivity contribution in [3.05, 3.63) is 51.4 Å². The Hall–Kier alpha value is -1.69. The van der Waals surface area contributed by atoms with E-state index in [0.717, 1.165) is 44.1 Å². The maximum atomic E-state index is 12.0. The number of thiophene rings is 1. The Labute approximate surface area is 178 Å². The van der Waals surface area contributed by atoms with Crippen molar-refractivity contribution in [2.75, 3.05) is 31.6 Å². The first-order valence-corrected chi connectivity index (χ1v) is 11.8.